The van der Waals surface area contributed by atoms with E-state index in [1.807, 2.05) is 0 Å². The summed E-state index contributed by atoms with van der Waals surface area (Å²) in [4.78, 5) is 21.7. The molecule has 2 aromatic heterocycles. The smallest absolute Gasteiger partial charge is 0.395 e. The van der Waals surface area contributed by atoms with E-state index in [2.05, 4.69) is 20.0 Å². The van der Waals surface area contributed by atoms with Gasteiger partial charge in [-0.05, 0) is 43.3 Å². The highest BCUT2D eigenvalue weighted by molar-refractivity contribution is 7.91. The number of aryl methyl sites for hydroxylation is 1. The number of para-hydroxylation sites is 1. The van der Waals surface area contributed by atoms with Gasteiger partial charge >= 0.3 is 6.29 Å². The van der Waals surface area contributed by atoms with Crippen LogP contribution in [0.5, 0.6) is 11.5 Å². The Balaban J connectivity index is 1.36. The van der Waals surface area contributed by atoms with Crippen molar-refractivity contribution in [3.63, 3.8) is 0 Å². The molecule has 13 heteroatoms. The van der Waals surface area contributed by atoms with Gasteiger partial charge in [-0.3, -0.25) is 9.78 Å². The first-order valence-electron chi connectivity index (χ1n) is 12.0. The zero-order chi connectivity index (χ0) is 27.9. The van der Waals surface area contributed by atoms with E-state index in [4.69, 9.17) is 4.74 Å². The normalized spacial score (nSPS) is 14.9. The van der Waals surface area contributed by atoms with E-state index < -0.39 is 34.7 Å². The number of pyridine rings is 1. The molecular weight excluding hydrogens is 534 g/mol. The highest BCUT2D eigenvalue weighted by Gasteiger charge is 2.44. The number of hydrogen-bond acceptors (Lipinski definition) is 8. The van der Waals surface area contributed by atoms with Crippen molar-refractivity contribution in [3.05, 3.63) is 77.4 Å². The number of carbonyl (C=O) groups is 1. The lowest BCUT2D eigenvalue weighted by Crippen LogP contribution is -2.31. The van der Waals surface area contributed by atoms with Crippen LogP contribution in [-0.2, 0) is 16.4 Å². The molecular formula is C26H24F2N4O6S. The number of benzene rings is 2. The Morgan fingerprint density at radius 3 is 2.67 bits per heavy atom. The maximum atomic E-state index is 13.6. The van der Waals surface area contributed by atoms with Crippen LogP contribution in [0.3, 0.4) is 0 Å². The van der Waals surface area contributed by atoms with Gasteiger partial charge in [-0.25, -0.2) is 13.4 Å². The number of fused-ring (bicyclic) bond motifs is 2. The molecule has 2 aromatic carbocycles. The van der Waals surface area contributed by atoms with E-state index in [0.717, 1.165) is 0 Å². The molecule has 39 heavy (non-hydrogen) atoms. The lowest BCUT2D eigenvalue weighted by molar-refractivity contribution is -0.286. The third kappa shape index (κ3) is 5.14. The number of amides is 1. The second-order valence-electron chi connectivity index (χ2n) is 8.89. The fourth-order valence-electron chi connectivity index (χ4n) is 4.31. The molecule has 10 nitrogen and oxygen atoms in total. The molecule has 0 aliphatic carbocycles. The average molecular weight is 559 g/mol. The predicted molar refractivity (Wildman–Crippen MR) is 135 cm³/mol. The molecule has 0 fully saturated rings. The summed E-state index contributed by atoms with van der Waals surface area (Å²) < 4.78 is 62.3. The first-order valence-corrected chi connectivity index (χ1v) is 13.6. The third-order valence-electron chi connectivity index (χ3n) is 6.38. The number of aromatic nitrogens is 3. The van der Waals surface area contributed by atoms with Crippen LogP contribution in [0, 0.1) is 6.92 Å². The second-order valence-corrected chi connectivity index (χ2v) is 11.2. The van der Waals surface area contributed by atoms with E-state index in [1.54, 1.807) is 41.8 Å². The lowest BCUT2D eigenvalue weighted by atomic mass is 10.1. The van der Waals surface area contributed by atoms with Crippen molar-refractivity contribution in [2.75, 3.05) is 12.4 Å². The van der Waals surface area contributed by atoms with Crippen molar-refractivity contribution in [1.29, 1.82) is 0 Å². The summed E-state index contributed by atoms with van der Waals surface area (Å²) in [6.07, 6.45) is -2.53. The van der Waals surface area contributed by atoms with Crippen molar-refractivity contribution in [2.24, 2.45) is 0 Å². The molecule has 1 amide bonds. The molecule has 0 bridgehead atoms. The SMILES string of the molecule is CCS(=O)(=O)c1ccc([C@@H](CO)NC(=O)c2ccc3c(c2)nc(C)n3Cc2cccc3c2OC(F)(F)O3)nc1. The monoisotopic (exact) mass is 558 g/mol. The summed E-state index contributed by atoms with van der Waals surface area (Å²) in [5.74, 6) is -0.0662. The number of nitrogens with one attached hydrogen (secondary N) is 1. The number of alkyl halides is 2. The highest BCUT2D eigenvalue weighted by atomic mass is 32.2. The topological polar surface area (TPSA) is 133 Å². The summed E-state index contributed by atoms with van der Waals surface area (Å²) >= 11 is 0. The number of aliphatic hydroxyl groups excluding tert-OH is 1. The molecule has 0 saturated heterocycles. The van der Waals surface area contributed by atoms with Crippen molar-refractivity contribution in [2.45, 2.75) is 37.6 Å². The Morgan fingerprint density at radius 2 is 1.97 bits per heavy atom. The molecule has 1 atom stereocenters. The summed E-state index contributed by atoms with van der Waals surface area (Å²) in [6.45, 7) is 3.00. The van der Waals surface area contributed by atoms with Gasteiger partial charge in [0.2, 0.25) is 0 Å². The Kier molecular flexibility index (Phi) is 6.72. The Hall–Kier alpha value is -4.10. The fourth-order valence-corrected chi connectivity index (χ4v) is 5.14. The molecule has 0 spiro atoms. The van der Waals surface area contributed by atoms with Gasteiger partial charge in [0, 0.05) is 17.3 Å². The minimum absolute atomic E-state index is 0.0382. The minimum Gasteiger partial charge on any atom is -0.395 e. The van der Waals surface area contributed by atoms with Crippen LogP contribution < -0.4 is 14.8 Å². The summed E-state index contributed by atoms with van der Waals surface area (Å²) in [5, 5.41) is 12.5. The molecule has 3 heterocycles. The van der Waals surface area contributed by atoms with Crippen LogP contribution >= 0.6 is 0 Å². The molecule has 204 valence electrons. The van der Waals surface area contributed by atoms with Crippen LogP contribution in [0.1, 0.15) is 40.4 Å². The van der Waals surface area contributed by atoms with Gasteiger partial charge in [0.05, 0.1) is 46.6 Å². The molecule has 0 unspecified atom stereocenters. The van der Waals surface area contributed by atoms with Crippen molar-refractivity contribution in [3.8, 4) is 11.5 Å². The van der Waals surface area contributed by atoms with Crippen LogP contribution in [-0.4, -0.2) is 52.6 Å². The Labute approximate surface area is 222 Å². The van der Waals surface area contributed by atoms with Crippen molar-refractivity contribution < 1.29 is 36.6 Å². The molecule has 0 saturated carbocycles. The Bertz CT molecular complexity index is 1670. The van der Waals surface area contributed by atoms with Crippen molar-refractivity contribution in [1.82, 2.24) is 19.9 Å². The van der Waals surface area contributed by atoms with Gasteiger partial charge in [0.25, 0.3) is 5.91 Å². The van der Waals surface area contributed by atoms with Gasteiger partial charge in [-0.1, -0.05) is 19.1 Å². The van der Waals surface area contributed by atoms with Crippen molar-refractivity contribution >= 4 is 26.8 Å². The maximum Gasteiger partial charge on any atom is 0.586 e. The van der Waals surface area contributed by atoms with E-state index in [9.17, 15) is 27.1 Å². The Morgan fingerprint density at radius 1 is 1.18 bits per heavy atom. The number of aliphatic hydroxyl groups is 1. The quantitative estimate of drug-likeness (QED) is 0.337. The number of halogens is 2. The molecule has 4 aromatic rings. The summed E-state index contributed by atoms with van der Waals surface area (Å²) in [5.41, 5.74) is 2.22. The summed E-state index contributed by atoms with van der Waals surface area (Å²) in [7, 11) is -3.43. The zero-order valence-corrected chi connectivity index (χ0v) is 21.7. The molecule has 0 radical (unpaired) electrons. The van der Waals surface area contributed by atoms with Crippen LogP contribution in [0.25, 0.3) is 11.0 Å². The van der Waals surface area contributed by atoms with Gasteiger partial charge in [0.15, 0.2) is 21.3 Å². The van der Waals surface area contributed by atoms with E-state index in [0.29, 0.717) is 28.1 Å². The highest BCUT2D eigenvalue weighted by Crippen LogP contribution is 2.43. The van der Waals surface area contributed by atoms with Crippen LogP contribution in [0.2, 0.25) is 0 Å². The van der Waals surface area contributed by atoms with Crippen LogP contribution in [0.4, 0.5) is 8.78 Å². The van der Waals surface area contributed by atoms with Gasteiger partial charge in [0.1, 0.15) is 5.82 Å². The van der Waals surface area contributed by atoms with E-state index >= 15 is 0 Å². The number of rotatable bonds is 8. The fraction of sp³-hybridized carbons (Fsp3) is 0.269. The first kappa shape index (κ1) is 26.5. The summed E-state index contributed by atoms with van der Waals surface area (Å²) in [6, 6.07) is 11.5. The third-order valence-corrected chi connectivity index (χ3v) is 8.10. The molecule has 1 aliphatic rings. The molecule has 2 N–H and O–H groups in total. The largest absolute Gasteiger partial charge is 0.586 e. The maximum absolute atomic E-state index is 13.6. The van der Waals surface area contributed by atoms with Crippen LogP contribution in [0.15, 0.2) is 59.6 Å². The number of imidazole rings is 1. The molecule has 1 aliphatic heterocycles. The second kappa shape index (κ2) is 9.89. The number of ether oxygens (including phenoxy) is 2. The van der Waals surface area contributed by atoms with E-state index in [-0.39, 0.29) is 34.3 Å². The standard InChI is InChI=1S/C26H24F2N4O6S/c1-3-39(35,36)18-8-9-19(29-12-18)21(14-33)31-25(34)16-7-10-22-20(11-16)30-15(2)32(22)13-17-5-4-6-23-24(17)38-26(27,28)37-23/h4-12,21,33H,3,13-14H2,1-2H3,(H,31,34)/t21-/m1/s1. The predicted octanol–water partition coefficient (Wildman–Crippen LogP) is 3.37. The van der Waals surface area contributed by atoms with Gasteiger partial charge in [-0.2, -0.15) is 0 Å². The van der Waals surface area contributed by atoms with E-state index in [1.165, 1.54) is 31.3 Å². The van der Waals surface area contributed by atoms with Gasteiger partial charge in [-0.15, -0.1) is 8.78 Å². The average Bonchev–Trinajstić information content (AvgIpc) is 3.41. The zero-order valence-electron chi connectivity index (χ0n) is 20.9. The molecule has 5 rings (SSSR count). The number of sulfone groups is 1. The lowest BCUT2D eigenvalue weighted by Gasteiger charge is -2.16. The van der Waals surface area contributed by atoms with Gasteiger partial charge < -0.3 is 24.5 Å². The first-order chi connectivity index (χ1) is 18.5. The number of nitrogens with zero attached hydrogens (tertiary/aromatic N) is 3. The number of hydrogen-bond donors (Lipinski definition) is 2. The number of carbonyl (C=O) groups excluding carboxylic acids is 1. The minimum atomic E-state index is -3.73.